The van der Waals surface area contributed by atoms with Gasteiger partial charge in [-0.05, 0) is 50.0 Å². The molecule has 1 aromatic heterocycles. The van der Waals surface area contributed by atoms with Crippen molar-refractivity contribution in [3.8, 4) is 0 Å². The third kappa shape index (κ3) is 4.61. The molecule has 2 aliphatic carbocycles. The predicted octanol–water partition coefficient (Wildman–Crippen LogP) is 2.46. The topological polar surface area (TPSA) is 69.2 Å². The molecule has 162 valence electrons. The van der Waals surface area contributed by atoms with Crippen LogP contribution in [0.25, 0.3) is 12.2 Å². The first-order chi connectivity index (χ1) is 14.6. The molecule has 4 rings (SSSR count). The fourth-order valence-electron chi connectivity index (χ4n) is 5.56. The quantitative estimate of drug-likeness (QED) is 0.680. The van der Waals surface area contributed by atoms with E-state index in [1.165, 1.54) is 31.3 Å². The van der Waals surface area contributed by atoms with Crippen LogP contribution in [0.2, 0.25) is 0 Å². The summed E-state index contributed by atoms with van der Waals surface area (Å²) in [4.78, 5) is 15.4. The van der Waals surface area contributed by atoms with E-state index in [2.05, 4.69) is 39.9 Å². The molecule has 3 unspecified atom stereocenters. The van der Waals surface area contributed by atoms with E-state index in [0.29, 0.717) is 37.0 Å². The third-order valence-corrected chi connectivity index (χ3v) is 7.05. The Balaban J connectivity index is 1.52. The molecule has 0 aromatic carbocycles. The second kappa shape index (κ2) is 9.34. The van der Waals surface area contributed by atoms with Gasteiger partial charge in [-0.1, -0.05) is 43.7 Å². The molecular formula is C25H35N3O2. The average molecular weight is 410 g/mol. The molecule has 1 amide bonds. The molecule has 1 saturated heterocycles. The average Bonchev–Trinajstić information content (AvgIpc) is 3.52. The molecule has 30 heavy (non-hydrogen) atoms. The Kier molecular flexibility index (Phi) is 6.57. The summed E-state index contributed by atoms with van der Waals surface area (Å²) in [6.45, 7) is 7.16. The molecule has 1 saturated carbocycles. The minimum atomic E-state index is 0.149. The van der Waals surface area contributed by atoms with Crippen LogP contribution in [-0.4, -0.2) is 45.3 Å². The van der Waals surface area contributed by atoms with Crippen molar-refractivity contribution in [3.05, 3.63) is 40.6 Å². The van der Waals surface area contributed by atoms with Crippen LogP contribution in [0.4, 0.5) is 0 Å². The molecule has 3 atom stereocenters. The molecule has 5 nitrogen and oxygen atoms in total. The van der Waals surface area contributed by atoms with Crippen molar-refractivity contribution >= 4 is 18.1 Å². The number of H-pyrrole nitrogens is 1. The fraction of sp³-hybridized carbons (Fsp3) is 0.600. The first kappa shape index (κ1) is 21.1. The number of nitrogens with one attached hydrogen (secondary N) is 1. The van der Waals surface area contributed by atoms with Crippen LogP contribution in [-0.2, 0) is 11.2 Å². The minimum absolute atomic E-state index is 0.149. The summed E-state index contributed by atoms with van der Waals surface area (Å²) < 4.78 is 0. The van der Waals surface area contributed by atoms with Crippen LogP contribution < -0.4 is 10.6 Å². The van der Waals surface area contributed by atoms with E-state index < -0.39 is 0 Å². The summed E-state index contributed by atoms with van der Waals surface area (Å²) in [6, 6.07) is 0.179. The highest BCUT2D eigenvalue weighted by molar-refractivity contribution is 5.77. The number of carbonyl (C=O) groups excluding carboxylic acids is 1. The molecule has 1 aliphatic heterocycles. The van der Waals surface area contributed by atoms with Crippen LogP contribution in [0.15, 0.2) is 24.3 Å². The molecule has 2 heterocycles. The maximum Gasteiger partial charge on any atom is 0.223 e. The molecule has 5 heteroatoms. The van der Waals surface area contributed by atoms with Crippen molar-refractivity contribution in [2.24, 2.45) is 17.8 Å². The summed E-state index contributed by atoms with van der Waals surface area (Å²) in [5, 5.41) is 19.0. The molecular weight excluding hydrogens is 374 g/mol. The Morgan fingerprint density at radius 2 is 2.13 bits per heavy atom. The molecule has 2 bridgehead atoms. The number of aromatic nitrogens is 2. The maximum absolute atomic E-state index is 13.3. The Morgan fingerprint density at radius 1 is 1.33 bits per heavy atom. The zero-order valence-electron chi connectivity index (χ0n) is 18.1. The SMILES string of the molecule is C=c1[nH]nc(CCC(=O)N2CC3CCCC(C3)CC2CCO)/c1=C(/C=C\C)C1C=C1. The van der Waals surface area contributed by atoms with E-state index in [1.807, 2.05) is 13.0 Å². The smallest absolute Gasteiger partial charge is 0.223 e. The van der Waals surface area contributed by atoms with Gasteiger partial charge in [-0.25, -0.2) is 0 Å². The number of aliphatic hydroxyl groups is 1. The lowest BCUT2D eigenvalue weighted by atomic mass is 9.80. The van der Waals surface area contributed by atoms with Crippen LogP contribution in [0.1, 0.15) is 57.6 Å². The number of fused-ring (bicyclic) bond motifs is 2. The number of aryl methyl sites for hydroxylation is 1. The Bertz CT molecular complexity index is 923. The highest BCUT2D eigenvalue weighted by Crippen LogP contribution is 2.37. The monoisotopic (exact) mass is 409 g/mol. The largest absolute Gasteiger partial charge is 0.396 e. The lowest BCUT2D eigenvalue weighted by Crippen LogP contribution is -2.42. The normalized spacial score (nSPS) is 27.4. The van der Waals surface area contributed by atoms with Gasteiger partial charge in [0.05, 0.1) is 11.0 Å². The van der Waals surface area contributed by atoms with Crippen molar-refractivity contribution in [3.63, 3.8) is 0 Å². The van der Waals surface area contributed by atoms with E-state index in [1.54, 1.807) is 0 Å². The van der Waals surface area contributed by atoms with Gasteiger partial charge in [-0.15, -0.1) is 0 Å². The highest BCUT2D eigenvalue weighted by Gasteiger charge is 2.35. The van der Waals surface area contributed by atoms with Crippen molar-refractivity contribution in [1.29, 1.82) is 0 Å². The summed E-state index contributed by atoms with van der Waals surface area (Å²) in [5.41, 5.74) is 2.14. The number of likely N-dealkylation sites (tertiary alicyclic amines) is 1. The molecule has 1 aromatic rings. The van der Waals surface area contributed by atoms with Gasteiger partial charge in [0.15, 0.2) is 0 Å². The van der Waals surface area contributed by atoms with Crippen molar-refractivity contribution in [2.45, 2.75) is 64.3 Å². The maximum atomic E-state index is 13.3. The van der Waals surface area contributed by atoms with Gasteiger partial charge in [0.1, 0.15) is 0 Å². The van der Waals surface area contributed by atoms with Crippen molar-refractivity contribution < 1.29 is 9.90 Å². The molecule has 2 N–H and O–H groups in total. The van der Waals surface area contributed by atoms with E-state index in [0.717, 1.165) is 29.2 Å². The number of amides is 1. The molecule has 0 spiro atoms. The summed E-state index contributed by atoms with van der Waals surface area (Å²) >= 11 is 0. The number of aromatic amines is 1. The lowest BCUT2D eigenvalue weighted by Gasteiger charge is -2.31. The summed E-state index contributed by atoms with van der Waals surface area (Å²) in [5.74, 6) is 1.90. The van der Waals surface area contributed by atoms with Crippen molar-refractivity contribution in [1.82, 2.24) is 15.1 Å². The number of nitrogens with zero attached hydrogens (tertiary/aromatic N) is 2. The number of hydrogen-bond donors (Lipinski definition) is 2. The zero-order chi connectivity index (χ0) is 21.1. The summed E-state index contributed by atoms with van der Waals surface area (Å²) in [7, 11) is 0. The molecule has 3 aliphatic rings. The number of hydrogen-bond acceptors (Lipinski definition) is 3. The first-order valence-electron chi connectivity index (χ1n) is 11.6. The second-order valence-corrected chi connectivity index (χ2v) is 9.24. The molecule has 2 fully saturated rings. The van der Waals surface area contributed by atoms with E-state index in [9.17, 15) is 9.90 Å². The van der Waals surface area contributed by atoms with Crippen LogP contribution in [0.5, 0.6) is 0 Å². The highest BCUT2D eigenvalue weighted by atomic mass is 16.3. The summed E-state index contributed by atoms with van der Waals surface area (Å²) in [6.07, 6.45) is 16.4. The van der Waals surface area contributed by atoms with Gasteiger partial charge >= 0.3 is 0 Å². The van der Waals surface area contributed by atoms with Crippen LogP contribution in [0.3, 0.4) is 0 Å². The number of aliphatic hydroxyl groups excluding tert-OH is 1. The Labute approximate surface area is 179 Å². The number of rotatable bonds is 7. The third-order valence-electron chi connectivity index (χ3n) is 7.05. The van der Waals surface area contributed by atoms with Gasteiger partial charge in [0.2, 0.25) is 5.91 Å². The molecule has 0 radical (unpaired) electrons. The van der Waals surface area contributed by atoms with Crippen LogP contribution in [0, 0.1) is 17.8 Å². The van der Waals surface area contributed by atoms with Gasteiger partial charge in [0.25, 0.3) is 0 Å². The second-order valence-electron chi connectivity index (χ2n) is 9.24. The number of carbonyl (C=O) groups is 1. The zero-order valence-corrected chi connectivity index (χ0v) is 18.1. The Morgan fingerprint density at radius 3 is 2.87 bits per heavy atom. The van der Waals surface area contributed by atoms with Gasteiger partial charge in [-0.3, -0.25) is 9.89 Å². The predicted molar refractivity (Wildman–Crippen MR) is 120 cm³/mol. The lowest BCUT2D eigenvalue weighted by molar-refractivity contribution is -0.134. The van der Waals surface area contributed by atoms with E-state index in [4.69, 9.17) is 0 Å². The minimum Gasteiger partial charge on any atom is -0.396 e. The van der Waals surface area contributed by atoms with Crippen LogP contribution >= 0.6 is 0 Å². The standard InChI is InChI=1S/C25H35N3O2/c1-3-5-22(20-8-9-20)25-17(2)26-27-23(25)10-11-24(30)28-16-19-7-4-6-18(14-19)15-21(28)12-13-29/h3,5,8-9,18-21,26,29H,2,4,6-7,10-16H2,1H3/b5-3-,25-22-. The van der Waals surface area contributed by atoms with Crippen molar-refractivity contribution in [2.75, 3.05) is 13.2 Å². The van der Waals surface area contributed by atoms with E-state index in [-0.39, 0.29) is 18.6 Å². The number of allylic oxidation sites excluding steroid dienone is 4. The van der Waals surface area contributed by atoms with Gasteiger partial charge in [0, 0.05) is 43.2 Å². The Hall–Kier alpha value is -2.14. The first-order valence-corrected chi connectivity index (χ1v) is 11.6. The van der Waals surface area contributed by atoms with E-state index >= 15 is 0 Å². The van der Waals surface area contributed by atoms with Gasteiger partial charge < -0.3 is 10.0 Å². The fourth-order valence-corrected chi connectivity index (χ4v) is 5.56. The van der Waals surface area contributed by atoms with Gasteiger partial charge in [-0.2, -0.15) is 5.10 Å².